The highest BCUT2D eigenvalue weighted by atomic mass is 16.5. The molecule has 0 radical (unpaired) electrons. The van der Waals surface area contributed by atoms with E-state index in [9.17, 15) is 9.59 Å². The molecular weight excluding hydrogens is 394 g/mol. The molecule has 2 aromatic carbocycles. The average Bonchev–Trinajstić information content (AvgIpc) is 2.74. The number of benzene rings is 2. The first-order valence-electron chi connectivity index (χ1n) is 10.5. The summed E-state index contributed by atoms with van der Waals surface area (Å²) in [4.78, 5) is 24.1. The number of anilines is 1. The minimum absolute atomic E-state index is 0.0437. The number of aryl methyl sites for hydroxylation is 2. The topological polar surface area (TPSA) is 89.0 Å². The van der Waals surface area contributed by atoms with Crippen molar-refractivity contribution in [2.24, 2.45) is 5.10 Å². The second kappa shape index (κ2) is 12.4. The number of carbonyl (C=O) groups excluding carboxylic acids is 2. The van der Waals surface area contributed by atoms with Crippen LogP contribution in [-0.4, -0.2) is 31.2 Å². The van der Waals surface area contributed by atoms with Crippen LogP contribution in [0.25, 0.3) is 0 Å². The molecule has 0 atom stereocenters. The average molecular weight is 426 g/mol. The Kier molecular flexibility index (Phi) is 9.55. The smallest absolute Gasteiger partial charge is 0.240 e. The van der Waals surface area contributed by atoms with Gasteiger partial charge in [0.05, 0.1) is 19.4 Å². The first-order valence-corrected chi connectivity index (χ1v) is 10.5. The zero-order valence-electron chi connectivity index (χ0n) is 18.7. The van der Waals surface area contributed by atoms with Gasteiger partial charge < -0.3 is 14.8 Å². The Morgan fingerprint density at radius 2 is 1.74 bits per heavy atom. The Bertz CT molecular complexity index is 925. The predicted molar refractivity (Wildman–Crippen MR) is 123 cm³/mol. The first kappa shape index (κ1) is 23.9. The van der Waals surface area contributed by atoms with Gasteiger partial charge in [-0.25, -0.2) is 5.43 Å². The number of hydrazone groups is 1. The van der Waals surface area contributed by atoms with Crippen LogP contribution in [-0.2, 0) is 9.59 Å². The van der Waals surface area contributed by atoms with Gasteiger partial charge in [-0.15, -0.1) is 0 Å². The standard InChI is InChI=1S/C24H31N3O4/c1-5-13-31-21-10-9-19(15-22(21)30-6-2)16-25-27-24(29)12-11-23(28)26-20-14-17(3)7-8-18(20)4/h7-10,14-16H,5-6,11-13H2,1-4H3,(H,26,28)(H,27,29). The van der Waals surface area contributed by atoms with E-state index in [1.54, 1.807) is 0 Å². The Balaban J connectivity index is 1.84. The van der Waals surface area contributed by atoms with Gasteiger partial charge in [0.1, 0.15) is 0 Å². The molecule has 2 aromatic rings. The Morgan fingerprint density at radius 1 is 0.968 bits per heavy atom. The quantitative estimate of drug-likeness (QED) is 0.413. The van der Waals surface area contributed by atoms with Crippen LogP contribution in [0.2, 0.25) is 0 Å². The van der Waals surface area contributed by atoms with Crippen LogP contribution >= 0.6 is 0 Å². The van der Waals surface area contributed by atoms with Crippen LogP contribution < -0.4 is 20.2 Å². The normalized spacial score (nSPS) is 10.7. The van der Waals surface area contributed by atoms with Crippen molar-refractivity contribution in [3.63, 3.8) is 0 Å². The molecule has 2 N–H and O–H groups in total. The van der Waals surface area contributed by atoms with Gasteiger partial charge in [-0.1, -0.05) is 19.1 Å². The van der Waals surface area contributed by atoms with E-state index in [1.165, 1.54) is 6.21 Å². The van der Waals surface area contributed by atoms with E-state index < -0.39 is 0 Å². The number of nitrogens with one attached hydrogen (secondary N) is 2. The van der Waals surface area contributed by atoms with Crippen LogP contribution in [0.15, 0.2) is 41.5 Å². The minimum Gasteiger partial charge on any atom is -0.490 e. The second-order valence-corrected chi connectivity index (χ2v) is 7.15. The third kappa shape index (κ3) is 8.12. The van der Waals surface area contributed by atoms with Crippen molar-refractivity contribution in [1.29, 1.82) is 0 Å². The van der Waals surface area contributed by atoms with Crippen LogP contribution in [0.5, 0.6) is 11.5 Å². The van der Waals surface area contributed by atoms with Crippen LogP contribution in [0, 0.1) is 13.8 Å². The van der Waals surface area contributed by atoms with Crippen molar-refractivity contribution in [1.82, 2.24) is 5.43 Å². The number of rotatable bonds is 11. The molecule has 0 spiro atoms. The summed E-state index contributed by atoms with van der Waals surface area (Å²) in [5.74, 6) is 0.770. The molecule has 7 nitrogen and oxygen atoms in total. The van der Waals surface area contributed by atoms with Gasteiger partial charge in [0, 0.05) is 18.5 Å². The summed E-state index contributed by atoms with van der Waals surface area (Å²) in [7, 11) is 0. The van der Waals surface area contributed by atoms with Crippen molar-refractivity contribution in [2.45, 2.75) is 47.0 Å². The monoisotopic (exact) mass is 425 g/mol. The van der Waals surface area contributed by atoms with Crippen molar-refractivity contribution < 1.29 is 19.1 Å². The molecule has 31 heavy (non-hydrogen) atoms. The van der Waals surface area contributed by atoms with E-state index in [-0.39, 0.29) is 24.7 Å². The summed E-state index contributed by atoms with van der Waals surface area (Å²) in [6.07, 6.45) is 2.55. The molecule has 0 aliphatic rings. The lowest BCUT2D eigenvalue weighted by atomic mass is 10.1. The third-order valence-corrected chi connectivity index (χ3v) is 4.38. The molecule has 0 fully saturated rings. The molecule has 0 saturated carbocycles. The molecule has 0 aromatic heterocycles. The maximum atomic E-state index is 12.1. The number of carbonyl (C=O) groups is 2. The van der Waals surface area contributed by atoms with Crippen molar-refractivity contribution in [2.75, 3.05) is 18.5 Å². The van der Waals surface area contributed by atoms with E-state index in [4.69, 9.17) is 9.47 Å². The SMILES string of the molecule is CCCOc1ccc(C=NNC(=O)CCC(=O)Nc2cc(C)ccc2C)cc1OCC. The summed E-state index contributed by atoms with van der Waals surface area (Å²) in [5, 5.41) is 6.81. The van der Waals surface area contributed by atoms with Gasteiger partial charge >= 0.3 is 0 Å². The molecule has 0 bridgehead atoms. The largest absolute Gasteiger partial charge is 0.490 e. The molecule has 0 heterocycles. The first-order chi connectivity index (χ1) is 14.9. The third-order valence-electron chi connectivity index (χ3n) is 4.38. The molecule has 0 aliphatic heterocycles. The van der Waals surface area contributed by atoms with E-state index in [2.05, 4.69) is 15.8 Å². The van der Waals surface area contributed by atoms with E-state index >= 15 is 0 Å². The Hall–Kier alpha value is -3.35. The molecule has 0 saturated heterocycles. The molecule has 2 rings (SSSR count). The lowest BCUT2D eigenvalue weighted by molar-refractivity contribution is -0.124. The van der Waals surface area contributed by atoms with Crippen molar-refractivity contribution >= 4 is 23.7 Å². The van der Waals surface area contributed by atoms with Crippen molar-refractivity contribution in [3.8, 4) is 11.5 Å². The van der Waals surface area contributed by atoms with Crippen LogP contribution in [0.3, 0.4) is 0 Å². The van der Waals surface area contributed by atoms with Gasteiger partial charge in [-0.3, -0.25) is 9.59 Å². The lowest BCUT2D eigenvalue weighted by Gasteiger charge is -2.11. The zero-order chi connectivity index (χ0) is 22.6. The van der Waals surface area contributed by atoms with Crippen LogP contribution in [0.4, 0.5) is 5.69 Å². The lowest BCUT2D eigenvalue weighted by Crippen LogP contribution is -2.21. The van der Waals surface area contributed by atoms with Gasteiger partial charge in [0.15, 0.2) is 11.5 Å². The summed E-state index contributed by atoms with van der Waals surface area (Å²) in [5.41, 5.74) is 6.02. The highest BCUT2D eigenvalue weighted by Crippen LogP contribution is 2.28. The van der Waals surface area contributed by atoms with Gasteiger partial charge in [-0.05, 0) is 68.1 Å². The van der Waals surface area contributed by atoms with E-state index in [0.717, 1.165) is 28.8 Å². The van der Waals surface area contributed by atoms with E-state index in [0.29, 0.717) is 24.7 Å². The van der Waals surface area contributed by atoms with Gasteiger partial charge in [0.2, 0.25) is 11.8 Å². The number of ether oxygens (including phenoxy) is 2. The maximum absolute atomic E-state index is 12.1. The van der Waals surface area contributed by atoms with Gasteiger partial charge in [0.25, 0.3) is 0 Å². The number of amides is 2. The zero-order valence-corrected chi connectivity index (χ0v) is 18.7. The number of nitrogens with zero attached hydrogens (tertiary/aromatic N) is 1. The molecule has 2 amide bonds. The fourth-order valence-electron chi connectivity index (χ4n) is 2.75. The summed E-state index contributed by atoms with van der Waals surface area (Å²) in [6.45, 7) is 8.96. The summed E-state index contributed by atoms with van der Waals surface area (Å²) in [6, 6.07) is 11.3. The minimum atomic E-state index is -0.333. The number of hydrogen-bond acceptors (Lipinski definition) is 5. The Morgan fingerprint density at radius 3 is 2.48 bits per heavy atom. The van der Waals surface area contributed by atoms with Crippen LogP contribution in [0.1, 0.15) is 49.8 Å². The summed E-state index contributed by atoms with van der Waals surface area (Å²) < 4.78 is 11.3. The Labute approximate surface area is 183 Å². The highest BCUT2D eigenvalue weighted by molar-refractivity contribution is 5.94. The molecule has 0 unspecified atom stereocenters. The molecule has 166 valence electrons. The highest BCUT2D eigenvalue weighted by Gasteiger charge is 2.09. The van der Waals surface area contributed by atoms with Gasteiger partial charge in [-0.2, -0.15) is 5.10 Å². The van der Waals surface area contributed by atoms with E-state index in [1.807, 2.05) is 64.1 Å². The maximum Gasteiger partial charge on any atom is 0.240 e. The predicted octanol–water partition coefficient (Wildman–Crippen LogP) is 4.36. The molecule has 7 heteroatoms. The second-order valence-electron chi connectivity index (χ2n) is 7.15. The fourth-order valence-corrected chi connectivity index (χ4v) is 2.75. The fraction of sp³-hybridized carbons (Fsp3) is 0.375. The summed E-state index contributed by atoms with van der Waals surface area (Å²) >= 11 is 0. The molecule has 0 aliphatic carbocycles. The number of hydrogen-bond donors (Lipinski definition) is 2. The van der Waals surface area contributed by atoms with Crippen molar-refractivity contribution in [3.05, 3.63) is 53.1 Å². The molecular formula is C24H31N3O4.